The summed E-state index contributed by atoms with van der Waals surface area (Å²) in [5.74, 6) is -0.572. The lowest BCUT2D eigenvalue weighted by molar-refractivity contribution is -0.136. The van der Waals surface area contributed by atoms with E-state index in [9.17, 15) is 4.79 Å². The van der Waals surface area contributed by atoms with Gasteiger partial charge in [-0.2, -0.15) is 0 Å². The molecule has 1 N–H and O–H groups in total. The number of hydrogen-bond acceptors (Lipinski definition) is 3. The molecule has 0 aliphatic rings. The summed E-state index contributed by atoms with van der Waals surface area (Å²) < 4.78 is 4.43. The first-order chi connectivity index (χ1) is 4.31. The Morgan fingerprint density at radius 1 is 1.78 bits per heavy atom. The Kier molecular flexibility index (Phi) is 4.22. The SMILES string of the molecule is C=CCOC(=O)/C=C/O. The molecule has 9 heavy (non-hydrogen) atoms. The number of rotatable bonds is 3. The standard InChI is InChI=1S/C6H8O3/c1-2-5-9-6(8)3-4-7/h2-4,7H,1,5H2/b4-3+. The van der Waals surface area contributed by atoms with Crippen molar-refractivity contribution in [1.82, 2.24) is 0 Å². The molecule has 0 spiro atoms. The molecule has 0 aromatic carbocycles. The Morgan fingerprint density at radius 3 is 2.89 bits per heavy atom. The summed E-state index contributed by atoms with van der Waals surface area (Å²) in [6.45, 7) is 3.50. The van der Waals surface area contributed by atoms with Crippen molar-refractivity contribution < 1.29 is 14.6 Å². The van der Waals surface area contributed by atoms with Crippen LogP contribution in [0.3, 0.4) is 0 Å². The van der Waals surface area contributed by atoms with Crippen molar-refractivity contribution in [3.63, 3.8) is 0 Å². The molecule has 0 saturated carbocycles. The molecule has 0 radical (unpaired) electrons. The Bertz CT molecular complexity index is 126. The highest BCUT2D eigenvalue weighted by Crippen LogP contribution is 1.79. The van der Waals surface area contributed by atoms with Gasteiger partial charge in [-0.3, -0.25) is 0 Å². The molecule has 0 aromatic heterocycles. The lowest BCUT2D eigenvalue weighted by Crippen LogP contribution is -1.99. The third kappa shape index (κ3) is 4.61. The third-order valence-electron chi connectivity index (χ3n) is 0.554. The van der Waals surface area contributed by atoms with Gasteiger partial charge in [-0.05, 0) is 0 Å². The minimum Gasteiger partial charge on any atom is -0.515 e. The van der Waals surface area contributed by atoms with E-state index >= 15 is 0 Å². The number of ether oxygens (including phenoxy) is 1. The second-order valence-electron chi connectivity index (χ2n) is 1.23. The number of hydrogen-bond donors (Lipinski definition) is 1. The molecule has 0 rings (SSSR count). The predicted molar refractivity (Wildman–Crippen MR) is 32.9 cm³/mol. The van der Waals surface area contributed by atoms with Crippen LogP contribution in [0.2, 0.25) is 0 Å². The van der Waals surface area contributed by atoms with E-state index in [2.05, 4.69) is 11.3 Å². The average molecular weight is 128 g/mol. The minimum atomic E-state index is -0.572. The molecule has 0 aliphatic carbocycles. The van der Waals surface area contributed by atoms with Crippen LogP contribution in [0.25, 0.3) is 0 Å². The van der Waals surface area contributed by atoms with Crippen molar-refractivity contribution in [2.75, 3.05) is 6.61 Å². The highest BCUT2D eigenvalue weighted by atomic mass is 16.5. The van der Waals surface area contributed by atoms with Crippen LogP contribution >= 0.6 is 0 Å². The van der Waals surface area contributed by atoms with Crippen molar-refractivity contribution in [2.24, 2.45) is 0 Å². The highest BCUT2D eigenvalue weighted by Gasteiger charge is 1.90. The zero-order valence-electron chi connectivity index (χ0n) is 4.91. The predicted octanol–water partition coefficient (Wildman–Crippen LogP) is 0.787. The largest absolute Gasteiger partial charge is 0.515 e. The maximum Gasteiger partial charge on any atom is 0.334 e. The Hall–Kier alpha value is -1.25. The van der Waals surface area contributed by atoms with Crippen molar-refractivity contribution in [3.8, 4) is 0 Å². The van der Waals surface area contributed by atoms with Crippen LogP contribution in [0.1, 0.15) is 0 Å². The molecular formula is C6H8O3. The van der Waals surface area contributed by atoms with Crippen LogP contribution < -0.4 is 0 Å². The van der Waals surface area contributed by atoms with Crippen LogP contribution in [0.15, 0.2) is 25.0 Å². The van der Waals surface area contributed by atoms with Crippen LogP contribution in [-0.2, 0) is 9.53 Å². The molecule has 3 heteroatoms. The molecule has 0 bridgehead atoms. The first-order valence-corrected chi connectivity index (χ1v) is 2.39. The van der Waals surface area contributed by atoms with Crippen molar-refractivity contribution in [1.29, 1.82) is 0 Å². The summed E-state index contributed by atoms with van der Waals surface area (Å²) in [4.78, 5) is 10.3. The van der Waals surface area contributed by atoms with Crippen LogP contribution in [0.4, 0.5) is 0 Å². The Balaban J connectivity index is 3.38. The van der Waals surface area contributed by atoms with Crippen molar-refractivity contribution in [3.05, 3.63) is 25.0 Å². The molecule has 0 unspecified atom stereocenters. The lowest BCUT2D eigenvalue weighted by Gasteiger charge is -1.92. The number of carbonyl (C=O) groups is 1. The van der Waals surface area contributed by atoms with Gasteiger partial charge in [0.1, 0.15) is 6.61 Å². The summed E-state index contributed by atoms with van der Waals surface area (Å²) in [7, 11) is 0. The molecule has 0 fully saturated rings. The van der Waals surface area contributed by atoms with Gasteiger partial charge < -0.3 is 9.84 Å². The van der Waals surface area contributed by atoms with Gasteiger partial charge in [0.15, 0.2) is 0 Å². The smallest absolute Gasteiger partial charge is 0.334 e. The molecule has 50 valence electrons. The molecule has 0 aliphatic heterocycles. The number of aliphatic hydroxyl groups excluding tert-OH is 1. The summed E-state index contributed by atoms with van der Waals surface area (Å²) >= 11 is 0. The highest BCUT2D eigenvalue weighted by molar-refractivity contribution is 5.81. The zero-order valence-corrected chi connectivity index (χ0v) is 4.91. The molecule has 0 aromatic rings. The van der Waals surface area contributed by atoms with Gasteiger partial charge in [-0.15, -0.1) is 0 Å². The maximum absolute atomic E-state index is 10.3. The number of aliphatic hydroxyl groups is 1. The third-order valence-corrected chi connectivity index (χ3v) is 0.554. The van der Waals surface area contributed by atoms with E-state index in [4.69, 9.17) is 5.11 Å². The zero-order chi connectivity index (χ0) is 7.11. The van der Waals surface area contributed by atoms with Gasteiger partial charge in [0.25, 0.3) is 0 Å². The van der Waals surface area contributed by atoms with Crippen LogP contribution in [-0.4, -0.2) is 17.7 Å². The monoisotopic (exact) mass is 128 g/mol. The summed E-state index contributed by atoms with van der Waals surface area (Å²) in [5.41, 5.74) is 0. The minimum absolute atomic E-state index is 0.170. The van der Waals surface area contributed by atoms with E-state index in [1.807, 2.05) is 0 Å². The normalized spacial score (nSPS) is 9.33. The second-order valence-corrected chi connectivity index (χ2v) is 1.23. The quantitative estimate of drug-likeness (QED) is 0.264. The fraction of sp³-hybridized carbons (Fsp3) is 0.167. The average Bonchev–Trinajstić information content (AvgIpc) is 1.85. The molecule has 0 amide bonds. The van der Waals surface area contributed by atoms with E-state index in [1.165, 1.54) is 6.08 Å². The summed E-state index contributed by atoms with van der Waals surface area (Å²) in [6, 6.07) is 0. The van der Waals surface area contributed by atoms with Crippen LogP contribution in [0, 0.1) is 0 Å². The summed E-state index contributed by atoms with van der Waals surface area (Å²) in [6.07, 6.45) is 3.00. The Labute approximate surface area is 53.3 Å². The van der Waals surface area contributed by atoms with Crippen LogP contribution in [0.5, 0.6) is 0 Å². The number of carbonyl (C=O) groups excluding carboxylic acids is 1. The van der Waals surface area contributed by atoms with Gasteiger partial charge in [0.2, 0.25) is 0 Å². The van der Waals surface area contributed by atoms with E-state index in [1.54, 1.807) is 0 Å². The number of esters is 1. The molecule has 0 heterocycles. The summed E-state index contributed by atoms with van der Waals surface area (Å²) in [5, 5.41) is 8.03. The first-order valence-electron chi connectivity index (χ1n) is 2.39. The van der Waals surface area contributed by atoms with Gasteiger partial charge in [0, 0.05) is 0 Å². The van der Waals surface area contributed by atoms with Gasteiger partial charge in [-0.25, -0.2) is 4.79 Å². The molecular weight excluding hydrogens is 120 g/mol. The molecule has 0 atom stereocenters. The van der Waals surface area contributed by atoms with Gasteiger partial charge in [0.05, 0.1) is 12.3 Å². The van der Waals surface area contributed by atoms with E-state index in [0.29, 0.717) is 6.26 Å². The van der Waals surface area contributed by atoms with Gasteiger partial charge >= 0.3 is 5.97 Å². The Morgan fingerprint density at radius 2 is 2.44 bits per heavy atom. The van der Waals surface area contributed by atoms with E-state index in [0.717, 1.165) is 6.08 Å². The first kappa shape index (κ1) is 7.75. The lowest BCUT2D eigenvalue weighted by atomic mass is 10.6. The molecule has 3 nitrogen and oxygen atoms in total. The van der Waals surface area contributed by atoms with Gasteiger partial charge in [-0.1, -0.05) is 12.7 Å². The second kappa shape index (κ2) is 4.90. The fourth-order valence-corrected chi connectivity index (χ4v) is 0.250. The fourth-order valence-electron chi connectivity index (χ4n) is 0.250. The van der Waals surface area contributed by atoms with E-state index in [-0.39, 0.29) is 6.61 Å². The topological polar surface area (TPSA) is 46.5 Å². The van der Waals surface area contributed by atoms with E-state index < -0.39 is 5.97 Å². The van der Waals surface area contributed by atoms with Crippen molar-refractivity contribution in [2.45, 2.75) is 0 Å². The van der Waals surface area contributed by atoms with Crippen molar-refractivity contribution >= 4 is 5.97 Å². The maximum atomic E-state index is 10.3. The molecule has 0 saturated heterocycles.